The summed E-state index contributed by atoms with van der Waals surface area (Å²) >= 11 is 0. The van der Waals surface area contributed by atoms with Gasteiger partial charge in [-0.25, -0.2) is 4.21 Å². The molecule has 0 N–H and O–H groups in total. The zero-order chi connectivity index (χ0) is 13.0. The van der Waals surface area contributed by atoms with Crippen molar-refractivity contribution in [3.8, 4) is 0 Å². The van der Waals surface area contributed by atoms with Gasteiger partial charge in [-0.1, -0.05) is 6.92 Å². The number of nitro benzene ring substituents is 1. The molecule has 1 rings (SSSR count). The van der Waals surface area contributed by atoms with E-state index in [9.17, 15) is 14.3 Å². The van der Waals surface area contributed by atoms with Crippen molar-refractivity contribution in [1.82, 2.24) is 0 Å². The third kappa shape index (κ3) is 3.03. The van der Waals surface area contributed by atoms with Crippen molar-refractivity contribution < 1.29 is 9.13 Å². The minimum Gasteiger partial charge on any atom is -0.292 e. The van der Waals surface area contributed by atoms with Crippen LogP contribution in [0.1, 0.15) is 19.4 Å². The predicted octanol–water partition coefficient (Wildman–Crippen LogP) is 2.41. The molecule has 1 unspecified atom stereocenters. The lowest BCUT2D eigenvalue weighted by molar-refractivity contribution is -0.384. The first-order valence-electron chi connectivity index (χ1n) is 5.42. The van der Waals surface area contributed by atoms with Crippen molar-refractivity contribution in [2.45, 2.75) is 20.8 Å². The molecule has 0 aliphatic rings. The fraction of sp³-hybridized carbons (Fsp3) is 0.455. The van der Waals surface area contributed by atoms with Crippen LogP contribution in [0.5, 0.6) is 0 Å². The van der Waals surface area contributed by atoms with Crippen LogP contribution >= 0.6 is 0 Å². The predicted molar refractivity (Wildman–Crippen MR) is 69.5 cm³/mol. The second kappa shape index (κ2) is 5.77. The van der Waals surface area contributed by atoms with E-state index in [0.717, 1.165) is 11.3 Å². The normalized spacial score (nSPS) is 12.2. The lowest BCUT2D eigenvalue weighted by Crippen LogP contribution is -2.27. The minimum absolute atomic E-state index is 0.0598. The molecule has 0 spiro atoms. The van der Waals surface area contributed by atoms with Crippen molar-refractivity contribution in [2.75, 3.05) is 16.6 Å². The first kappa shape index (κ1) is 13.6. The number of nitrogens with zero attached hydrogens (tertiary/aromatic N) is 2. The zero-order valence-corrected chi connectivity index (χ0v) is 11.0. The Morgan fingerprint density at radius 2 is 2.06 bits per heavy atom. The van der Waals surface area contributed by atoms with Gasteiger partial charge in [0, 0.05) is 24.4 Å². The molecule has 0 fully saturated rings. The molecule has 1 aromatic rings. The third-order valence-electron chi connectivity index (χ3n) is 2.44. The van der Waals surface area contributed by atoms with Crippen molar-refractivity contribution in [3.63, 3.8) is 0 Å². The molecular weight excluding hydrogens is 240 g/mol. The standard InChI is InChI=1S/C11H16N2O3S/c1-4-12(17(16)5-2)11-7-6-10(13(14)15)8-9(11)3/h6-8H,4-5H2,1-3H3. The molecule has 0 bridgehead atoms. The molecule has 0 radical (unpaired) electrons. The number of hydrogen-bond donors (Lipinski definition) is 0. The Hall–Kier alpha value is -1.43. The molecule has 0 saturated heterocycles. The van der Waals surface area contributed by atoms with Crippen LogP contribution < -0.4 is 4.31 Å². The van der Waals surface area contributed by atoms with Gasteiger partial charge in [0.1, 0.15) is 11.0 Å². The number of rotatable bonds is 5. The molecule has 0 aliphatic heterocycles. The Labute approximate surface area is 103 Å². The summed E-state index contributed by atoms with van der Waals surface area (Å²) in [6, 6.07) is 4.60. The van der Waals surface area contributed by atoms with Gasteiger partial charge in [-0.3, -0.25) is 14.4 Å². The van der Waals surface area contributed by atoms with Gasteiger partial charge in [-0.2, -0.15) is 0 Å². The smallest absolute Gasteiger partial charge is 0.269 e. The lowest BCUT2D eigenvalue weighted by atomic mass is 10.2. The largest absolute Gasteiger partial charge is 0.292 e. The maximum absolute atomic E-state index is 11.8. The average Bonchev–Trinajstić information content (AvgIpc) is 2.31. The molecule has 0 aromatic heterocycles. The van der Waals surface area contributed by atoms with Gasteiger partial charge in [-0.15, -0.1) is 0 Å². The topological polar surface area (TPSA) is 63.4 Å². The number of anilines is 1. The van der Waals surface area contributed by atoms with E-state index in [1.807, 2.05) is 13.8 Å². The average molecular weight is 256 g/mol. The Morgan fingerprint density at radius 3 is 2.47 bits per heavy atom. The van der Waals surface area contributed by atoms with Crippen LogP contribution in [0.4, 0.5) is 11.4 Å². The molecular formula is C11H16N2O3S. The summed E-state index contributed by atoms with van der Waals surface area (Å²) in [5.74, 6) is 0.532. The van der Waals surface area contributed by atoms with Crippen LogP contribution in [0, 0.1) is 17.0 Å². The first-order chi connectivity index (χ1) is 8.01. The summed E-state index contributed by atoms with van der Waals surface area (Å²) < 4.78 is 13.6. The van der Waals surface area contributed by atoms with Gasteiger partial charge < -0.3 is 0 Å². The number of non-ortho nitro benzene ring substituents is 1. The summed E-state index contributed by atoms with van der Waals surface area (Å²) in [6.45, 7) is 6.16. The monoisotopic (exact) mass is 256 g/mol. The van der Waals surface area contributed by atoms with E-state index in [4.69, 9.17) is 0 Å². The van der Waals surface area contributed by atoms with E-state index >= 15 is 0 Å². The Morgan fingerprint density at radius 1 is 1.41 bits per heavy atom. The highest BCUT2D eigenvalue weighted by Crippen LogP contribution is 2.25. The Bertz CT molecular complexity index is 448. The van der Waals surface area contributed by atoms with E-state index in [-0.39, 0.29) is 5.69 Å². The summed E-state index contributed by atoms with van der Waals surface area (Å²) in [6.07, 6.45) is 0. The number of nitro groups is 1. The van der Waals surface area contributed by atoms with E-state index in [1.165, 1.54) is 12.1 Å². The second-order valence-corrected chi connectivity index (χ2v) is 5.19. The van der Waals surface area contributed by atoms with Gasteiger partial charge in [0.25, 0.3) is 5.69 Å². The van der Waals surface area contributed by atoms with Crippen LogP contribution in [0.2, 0.25) is 0 Å². The molecule has 0 aliphatic carbocycles. The number of hydrogen-bond acceptors (Lipinski definition) is 3. The maximum Gasteiger partial charge on any atom is 0.269 e. The van der Waals surface area contributed by atoms with Gasteiger partial charge >= 0.3 is 0 Å². The van der Waals surface area contributed by atoms with Crippen molar-refractivity contribution >= 4 is 22.4 Å². The molecule has 0 amide bonds. The van der Waals surface area contributed by atoms with Gasteiger partial charge in [-0.05, 0) is 25.5 Å². The summed E-state index contributed by atoms with van der Waals surface area (Å²) in [4.78, 5) is 10.2. The molecule has 5 nitrogen and oxygen atoms in total. The molecule has 0 heterocycles. The molecule has 1 atom stereocenters. The van der Waals surface area contributed by atoms with Gasteiger partial charge in [0.2, 0.25) is 0 Å². The third-order valence-corrected chi connectivity index (χ3v) is 3.88. The highest BCUT2D eigenvalue weighted by Gasteiger charge is 2.15. The highest BCUT2D eigenvalue weighted by atomic mass is 32.2. The quantitative estimate of drug-likeness (QED) is 0.600. The van der Waals surface area contributed by atoms with Crippen LogP contribution in [-0.4, -0.2) is 21.4 Å². The molecule has 1 aromatic carbocycles. The van der Waals surface area contributed by atoms with Crippen LogP contribution in [0.3, 0.4) is 0 Å². The summed E-state index contributed by atoms with van der Waals surface area (Å²) in [5, 5.41) is 10.6. The molecule has 17 heavy (non-hydrogen) atoms. The van der Waals surface area contributed by atoms with Crippen LogP contribution in [0.25, 0.3) is 0 Å². The van der Waals surface area contributed by atoms with E-state index in [1.54, 1.807) is 17.3 Å². The summed E-state index contributed by atoms with van der Waals surface area (Å²) in [5.41, 5.74) is 1.62. The molecule has 6 heteroatoms. The number of aryl methyl sites for hydroxylation is 1. The zero-order valence-electron chi connectivity index (χ0n) is 10.2. The van der Waals surface area contributed by atoms with E-state index in [2.05, 4.69) is 0 Å². The SMILES string of the molecule is CCN(c1ccc([N+](=O)[O-])cc1C)S(=O)CC. The van der Waals surface area contributed by atoms with Crippen LogP contribution in [0.15, 0.2) is 18.2 Å². The van der Waals surface area contributed by atoms with Gasteiger partial charge in [0.05, 0.1) is 10.6 Å². The highest BCUT2D eigenvalue weighted by molar-refractivity contribution is 7.86. The van der Waals surface area contributed by atoms with Crippen molar-refractivity contribution in [1.29, 1.82) is 0 Å². The number of benzene rings is 1. The fourth-order valence-electron chi connectivity index (χ4n) is 1.61. The first-order valence-corrected chi connectivity index (χ1v) is 6.69. The minimum atomic E-state index is -1.08. The van der Waals surface area contributed by atoms with Gasteiger partial charge in [0.15, 0.2) is 0 Å². The molecule has 94 valence electrons. The summed E-state index contributed by atoms with van der Waals surface area (Å²) in [7, 11) is -1.08. The second-order valence-electron chi connectivity index (χ2n) is 3.53. The van der Waals surface area contributed by atoms with E-state index in [0.29, 0.717) is 12.3 Å². The Balaban J connectivity index is 3.13. The van der Waals surface area contributed by atoms with E-state index < -0.39 is 15.9 Å². The molecule has 0 saturated carbocycles. The van der Waals surface area contributed by atoms with Crippen molar-refractivity contribution in [2.24, 2.45) is 0 Å². The van der Waals surface area contributed by atoms with Crippen LogP contribution in [-0.2, 0) is 11.0 Å². The Kier molecular flexibility index (Phi) is 4.62. The van der Waals surface area contributed by atoms with Crippen molar-refractivity contribution in [3.05, 3.63) is 33.9 Å². The maximum atomic E-state index is 11.8. The fourth-order valence-corrected chi connectivity index (χ4v) is 2.64. The lowest BCUT2D eigenvalue weighted by Gasteiger charge is -2.22.